The topological polar surface area (TPSA) is 63.8 Å². The lowest BCUT2D eigenvalue weighted by Crippen LogP contribution is -2.10. The predicted octanol–water partition coefficient (Wildman–Crippen LogP) is 1.27. The first kappa shape index (κ1) is 8.29. The van der Waals surface area contributed by atoms with Crippen LogP contribution in [0.5, 0.6) is 0 Å². The lowest BCUT2D eigenvalue weighted by Gasteiger charge is -2.06. The quantitative estimate of drug-likeness (QED) is 0.715. The Morgan fingerprint density at radius 3 is 2.85 bits per heavy atom. The van der Waals surface area contributed by atoms with Crippen LogP contribution in [0, 0.1) is 5.41 Å². The number of nitrogens with zero attached hydrogens (tertiary/aromatic N) is 2. The Balaban J connectivity index is 2.03. The summed E-state index contributed by atoms with van der Waals surface area (Å²) >= 11 is 0. The molecule has 4 nitrogen and oxygen atoms in total. The van der Waals surface area contributed by atoms with Gasteiger partial charge in [-0.05, 0) is 17.9 Å². The minimum Gasteiger partial charge on any atom is -0.368 e. The van der Waals surface area contributed by atoms with E-state index >= 15 is 0 Å². The van der Waals surface area contributed by atoms with Gasteiger partial charge in [-0.15, -0.1) is 0 Å². The minimum atomic E-state index is 0.323. The molecule has 0 radical (unpaired) electrons. The molecule has 2 rings (SSSR count). The summed E-state index contributed by atoms with van der Waals surface area (Å²) in [6.45, 7) is 4.46. The van der Waals surface area contributed by atoms with E-state index in [1.54, 1.807) is 6.20 Å². The highest BCUT2D eigenvalue weighted by Gasteiger charge is 2.45. The molecule has 1 atom stereocenters. The fraction of sp³-hybridized carbons (Fsp3) is 0.556. The number of anilines is 2. The Labute approximate surface area is 77.6 Å². The molecule has 1 aromatic rings. The summed E-state index contributed by atoms with van der Waals surface area (Å²) in [5.41, 5.74) is 5.86. The van der Waals surface area contributed by atoms with E-state index < -0.39 is 0 Å². The molecule has 1 heterocycles. The van der Waals surface area contributed by atoms with Crippen molar-refractivity contribution in [2.24, 2.45) is 5.41 Å². The third-order valence-electron chi connectivity index (χ3n) is 2.51. The molecule has 1 fully saturated rings. The van der Waals surface area contributed by atoms with Crippen molar-refractivity contribution < 1.29 is 0 Å². The third-order valence-corrected chi connectivity index (χ3v) is 2.51. The van der Waals surface area contributed by atoms with Crippen LogP contribution in [0.4, 0.5) is 11.8 Å². The average molecular weight is 178 g/mol. The smallest absolute Gasteiger partial charge is 0.221 e. The molecule has 0 saturated heterocycles. The van der Waals surface area contributed by atoms with Gasteiger partial charge in [-0.3, -0.25) is 0 Å². The number of aromatic nitrogens is 2. The molecule has 1 aromatic heterocycles. The molecule has 0 spiro atoms. The second kappa shape index (κ2) is 2.58. The average Bonchev–Trinajstić information content (AvgIpc) is 2.58. The number of rotatable bonds is 2. The van der Waals surface area contributed by atoms with E-state index in [1.807, 2.05) is 6.07 Å². The van der Waals surface area contributed by atoms with Crippen molar-refractivity contribution >= 4 is 11.8 Å². The first-order valence-corrected chi connectivity index (χ1v) is 4.43. The van der Waals surface area contributed by atoms with E-state index in [1.165, 1.54) is 6.42 Å². The molecule has 13 heavy (non-hydrogen) atoms. The zero-order chi connectivity index (χ0) is 9.47. The van der Waals surface area contributed by atoms with Crippen LogP contribution in [0.25, 0.3) is 0 Å². The van der Waals surface area contributed by atoms with E-state index in [4.69, 9.17) is 5.73 Å². The van der Waals surface area contributed by atoms with Crippen LogP contribution in [-0.2, 0) is 0 Å². The van der Waals surface area contributed by atoms with E-state index in [2.05, 4.69) is 29.1 Å². The number of nitrogen functional groups attached to an aromatic ring is 1. The molecule has 0 bridgehead atoms. The van der Waals surface area contributed by atoms with Crippen LogP contribution in [0.2, 0.25) is 0 Å². The van der Waals surface area contributed by atoms with Crippen LogP contribution in [0.15, 0.2) is 12.3 Å². The monoisotopic (exact) mass is 178 g/mol. The fourth-order valence-corrected chi connectivity index (χ4v) is 1.35. The molecule has 1 unspecified atom stereocenters. The van der Waals surface area contributed by atoms with E-state index in [9.17, 15) is 0 Å². The van der Waals surface area contributed by atoms with Crippen molar-refractivity contribution in [2.75, 3.05) is 11.1 Å². The highest BCUT2D eigenvalue weighted by Crippen LogP contribution is 2.46. The summed E-state index contributed by atoms with van der Waals surface area (Å²) in [5, 5.41) is 3.32. The molecular formula is C9H14N4. The summed E-state index contributed by atoms with van der Waals surface area (Å²) in [6.07, 6.45) is 2.86. The Hall–Kier alpha value is -1.32. The lowest BCUT2D eigenvalue weighted by molar-refractivity contribution is 0.630. The molecule has 1 aliphatic rings. The van der Waals surface area contributed by atoms with Gasteiger partial charge in [0.1, 0.15) is 5.82 Å². The van der Waals surface area contributed by atoms with Gasteiger partial charge in [-0.2, -0.15) is 4.98 Å². The number of hydrogen-bond donors (Lipinski definition) is 2. The van der Waals surface area contributed by atoms with E-state index in [-0.39, 0.29) is 0 Å². The van der Waals surface area contributed by atoms with Gasteiger partial charge in [0.15, 0.2) is 0 Å². The Kier molecular flexibility index (Phi) is 1.65. The van der Waals surface area contributed by atoms with Gasteiger partial charge in [0, 0.05) is 12.2 Å². The maximum atomic E-state index is 5.46. The van der Waals surface area contributed by atoms with Crippen LogP contribution in [0.1, 0.15) is 20.3 Å². The zero-order valence-electron chi connectivity index (χ0n) is 7.91. The summed E-state index contributed by atoms with van der Waals surface area (Å²) < 4.78 is 0. The molecule has 4 heteroatoms. The van der Waals surface area contributed by atoms with Crippen LogP contribution in [-0.4, -0.2) is 16.0 Å². The summed E-state index contributed by atoms with van der Waals surface area (Å²) in [4.78, 5) is 7.90. The number of nitrogens with one attached hydrogen (secondary N) is 1. The third kappa shape index (κ3) is 1.71. The molecule has 1 saturated carbocycles. The Morgan fingerprint density at radius 1 is 1.62 bits per heavy atom. The van der Waals surface area contributed by atoms with Crippen molar-refractivity contribution in [3.63, 3.8) is 0 Å². The second-order valence-electron chi connectivity index (χ2n) is 4.19. The number of nitrogens with two attached hydrogens (primary N) is 1. The first-order valence-electron chi connectivity index (χ1n) is 4.43. The lowest BCUT2D eigenvalue weighted by atomic mass is 10.2. The highest BCUT2D eigenvalue weighted by atomic mass is 15.1. The van der Waals surface area contributed by atoms with Crippen LogP contribution >= 0.6 is 0 Å². The zero-order valence-corrected chi connectivity index (χ0v) is 7.91. The van der Waals surface area contributed by atoms with Gasteiger partial charge < -0.3 is 11.1 Å². The molecule has 0 aromatic carbocycles. The van der Waals surface area contributed by atoms with Crippen molar-refractivity contribution in [1.82, 2.24) is 9.97 Å². The minimum absolute atomic E-state index is 0.323. The normalized spacial score (nSPS) is 24.0. The predicted molar refractivity (Wildman–Crippen MR) is 52.3 cm³/mol. The van der Waals surface area contributed by atoms with E-state index in [0.29, 0.717) is 17.4 Å². The maximum absolute atomic E-state index is 5.46. The molecule has 0 aliphatic heterocycles. The molecule has 1 aliphatic carbocycles. The SMILES string of the molecule is CC1(C)CC1Nc1ccnc(N)n1. The second-order valence-corrected chi connectivity index (χ2v) is 4.19. The van der Waals surface area contributed by atoms with Crippen molar-refractivity contribution in [3.8, 4) is 0 Å². The largest absolute Gasteiger partial charge is 0.368 e. The molecule has 70 valence electrons. The molecule has 3 N–H and O–H groups in total. The summed E-state index contributed by atoms with van der Waals surface area (Å²) in [6, 6.07) is 2.37. The Bertz CT molecular complexity index is 321. The van der Waals surface area contributed by atoms with Crippen molar-refractivity contribution in [3.05, 3.63) is 12.3 Å². The molecule has 0 amide bonds. The molecular weight excluding hydrogens is 164 g/mol. The van der Waals surface area contributed by atoms with E-state index in [0.717, 1.165) is 5.82 Å². The van der Waals surface area contributed by atoms with Gasteiger partial charge in [0.05, 0.1) is 0 Å². The van der Waals surface area contributed by atoms with Gasteiger partial charge in [-0.1, -0.05) is 13.8 Å². The van der Waals surface area contributed by atoms with Gasteiger partial charge in [0.25, 0.3) is 0 Å². The van der Waals surface area contributed by atoms with Crippen molar-refractivity contribution in [1.29, 1.82) is 0 Å². The first-order chi connectivity index (χ1) is 6.08. The standard InChI is InChI=1S/C9H14N4/c1-9(2)5-6(9)12-7-3-4-11-8(10)13-7/h3-4,6H,5H2,1-2H3,(H3,10,11,12,13). The summed E-state index contributed by atoms with van der Waals surface area (Å²) in [5.74, 6) is 1.14. The highest BCUT2D eigenvalue weighted by molar-refractivity contribution is 5.40. The fourth-order valence-electron chi connectivity index (χ4n) is 1.35. The maximum Gasteiger partial charge on any atom is 0.221 e. The van der Waals surface area contributed by atoms with Crippen LogP contribution < -0.4 is 11.1 Å². The van der Waals surface area contributed by atoms with Gasteiger partial charge >= 0.3 is 0 Å². The van der Waals surface area contributed by atoms with Crippen LogP contribution in [0.3, 0.4) is 0 Å². The van der Waals surface area contributed by atoms with Gasteiger partial charge in [-0.25, -0.2) is 4.98 Å². The Morgan fingerprint density at radius 2 is 2.31 bits per heavy atom. The number of hydrogen-bond acceptors (Lipinski definition) is 4. The summed E-state index contributed by atoms with van der Waals surface area (Å²) in [7, 11) is 0. The van der Waals surface area contributed by atoms with Crippen molar-refractivity contribution in [2.45, 2.75) is 26.3 Å². The van der Waals surface area contributed by atoms with Gasteiger partial charge in [0.2, 0.25) is 5.95 Å².